The molecule has 1 aromatic heterocycles. The second-order valence-electron chi connectivity index (χ2n) is 5.31. The molecule has 0 saturated heterocycles. The van der Waals surface area contributed by atoms with E-state index in [0.717, 1.165) is 19.3 Å². The van der Waals surface area contributed by atoms with Crippen molar-refractivity contribution in [3.05, 3.63) is 23.2 Å². The lowest BCUT2D eigenvalue weighted by Crippen LogP contribution is -2.29. The molecule has 0 bridgehead atoms. The monoisotopic (exact) mass is 270 g/mol. The van der Waals surface area contributed by atoms with Crippen LogP contribution in [0.1, 0.15) is 58.6 Å². The van der Waals surface area contributed by atoms with Crippen LogP contribution in [0.3, 0.4) is 0 Å². The molecule has 0 fully saturated rings. The van der Waals surface area contributed by atoms with Crippen LogP contribution in [-0.4, -0.2) is 15.1 Å². The molecule has 1 unspecified atom stereocenters. The quantitative estimate of drug-likeness (QED) is 0.763. The van der Waals surface area contributed by atoms with Crippen molar-refractivity contribution in [2.24, 2.45) is 5.92 Å². The van der Waals surface area contributed by atoms with Gasteiger partial charge in [0, 0.05) is 0 Å². The molecule has 1 N–H and O–H groups in total. The fourth-order valence-electron chi connectivity index (χ4n) is 2.24. The van der Waals surface area contributed by atoms with E-state index in [0.29, 0.717) is 29.6 Å². The highest BCUT2D eigenvalue weighted by molar-refractivity contribution is 6.29. The van der Waals surface area contributed by atoms with E-state index in [-0.39, 0.29) is 0 Å². The number of aromatic nitrogens is 2. The highest BCUT2D eigenvalue weighted by Gasteiger charge is 2.31. The largest absolute Gasteiger partial charge is 0.383 e. The molecule has 0 aliphatic rings. The third kappa shape index (κ3) is 4.54. The molecule has 1 heterocycles. The molecule has 0 amide bonds. The van der Waals surface area contributed by atoms with Crippen LogP contribution in [0.15, 0.2) is 12.4 Å². The Morgan fingerprint density at radius 2 is 2.06 bits per heavy atom. The highest BCUT2D eigenvalue weighted by Crippen LogP contribution is 2.32. The predicted octanol–water partition coefficient (Wildman–Crippen LogP) is 3.94. The molecule has 0 aliphatic heterocycles. The molecular formula is C14H23ClN2O. The van der Waals surface area contributed by atoms with Crippen molar-refractivity contribution >= 4 is 11.6 Å². The zero-order valence-electron chi connectivity index (χ0n) is 11.5. The van der Waals surface area contributed by atoms with Crippen LogP contribution >= 0.6 is 11.6 Å². The van der Waals surface area contributed by atoms with Crippen LogP contribution in [0.25, 0.3) is 0 Å². The molecule has 1 rings (SSSR count). The van der Waals surface area contributed by atoms with Gasteiger partial charge in [-0.3, -0.25) is 4.98 Å². The summed E-state index contributed by atoms with van der Waals surface area (Å²) in [4.78, 5) is 8.26. The van der Waals surface area contributed by atoms with Crippen molar-refractivity contribution in [1.29, 1.82) is 0 Å². The second kappa shape index (κ2) is 7.05. The van der Waals surface area contributed by atoms with E-state index < -0.39 is 5.60 Å². The summed E-state index contributed by atoms with van der Waals surface area (Å²) in [7, 11) is 0. The Kier molecular flexibility index (Phi) is 6.03. The zero-order valence-corrected chi connectivity index (χ0v) is 12.2. The van der Waals surface area contributed by atoms with Crippen LogP contribution in [-0.2, 0) is 5.60 Å². The van der Waals surface area contributed by atoms with E-state index in [1.165, 1.54) is 6.20 Å². The van der Waals surface area contributed by atoms with Gasteiger partial charge in [-0.15, -0.1) is 0 Å². The summed E-state index contributed by atoms with van der Waals surface area (Å²) in [6, 6.07) is 0. The number of aliphatic hydroxyl groups is 1. The fourth-order valence-corrected chi connectivity index (χ4v) is 2.39. The molecule has 0 aromatic carbocycles. The van der Waals surface area contributed by atoms with Gasteiger partial charge in [-0.05, 0) is 18.8 Å². The zero-order chi connectivity index (χ0) is 13.6. The van der Waals surface area contributed by atoms with Gasteiger partial charge in [0.25, 0.3) is 0 Å². The minimum Gasteiger partial charge on any atom is -0.383 e. The first-order valence-electron chi connectivity index (χ1n) is 6.68. The third-order valence-electron chi connectivity index (χ3n) is 3.02. The Morgan fingerprint density at radius 1 is 1.33 bits per heavy atom. The van der Waals surface area contributed by atoms with Gasteiger partial charge < -0.3 is 5.11 Å². The average molecular weight is 271 g/mol. The Balaban J connectivity index is 2.88. The normalized spacial score (nSPS) is 14.8. The maximum Gasteiger partial charge on any atom is 0.147 e. The first-order chi connectivity index (χ1) is 8.48. The summed E-state index contributed by atoms with van der Waals surface area (Å²) in [5.74, 6) is 0.400. The first-order valence-corrected chi connectivity index (χ1v) is 7.06. The van der Waals surface area contributed by atoms with E-state index in [4.69, 9.17) is 11.6 Å². The molecule has 0 radical (unpaired) electrons. The standard InChI is InChI=1S/C14H23ClN2O/c1-4-5-6-7-14(18,8-11(2)3)12-9-16-10-13(15)17-12/h9-11,18H,4-8H2,1-3H3. The lowest BCUT2D eigenvalue weighted by atomic mass is 9.85. The number of unbranched alkanes of at least 4 members (excludes halogenated alkanes) is 2. The Morgan fingerprint density at radius 3 is 2.61 bits per heavy atom. The summed E-state index contributed by atoms with van der Waals surface area (Å²) >= 11 is 5.86. The topological polar surface area (TPSA) is 46.0 Å². The van der Waals surface area contributed by atoms with Crippen LogP contribution in [0, 0.1) is 5.92 Å². The molecule has 102 valence electrons. The first kappa shape index (κ1) is 15.4. The molecule has 3 nitrogen and oxygen atoms in total. The second-order valence-corrected chi connectivity index (χ2v) is 5.70. The van der Waals surface area contributed by atoms with Crippen molar-refractivity contribution in [2.75, 3.05) is 0 Å². The van der Waals surface area contributed by atoms with Crippen molar-refractivity contribution < 1.29 is 5.11 Å². The molecule has 1 aromatic rings. The molecule has 1 atom stereocenters. The number of halogens is 1. The molecular weight excluding hydrogens is 248 g/mol. The maximum absolute atomic E-state index is 10.8. The number of nitrogens with zero attached hydrogens (tertiary/aromatic N) is 2. The summed E-state index contributed by atoms with van der Waals surface area (Å²) in [6.07, 6.45) is 7.77. The minimum absolute atomic E-state index is 0.338. The minimum atomic E-state index is -0.902. The number of rotatable bonds is 7. The molecule has 0 aliphatic carbocycles. The Hall–Kier alpha value is -0.670. The van der Waals surface area contributed by atoms with Gasteiger partial charge in [-0.25, -0.2) is 4.98 Å². The Bertz CT molecular complexity index is 371. The van der Waals surface area contributed by atoms with E-state index in [9.17, 15) is 5.11 Å². The summed E-state index contributed by atoms with van der Waals surface area (Å²) in [5, 5.41) is 11.2. The van der Waals surface area contributed by atoms with Crippen LogP contribution < -0.4 is 0 Å². The molecule has 0 saturated carbocycles. The van der Waals surface area contributed by atoms with Gasteiger partial charge in [-0.2, -0.15) is 0 Å². The lowest BCUT2D eigenvalue weighted by molar-refractivity contribution is -0.0000965. The number of hydrogen-bond donors (Lipinski definition) is 1. The van der Waals surface area contributed by atoms with Crippen molar-refractivity contribution in [1.82, 2.24) is 9.97 Å². The summed E-state index contributed by atoms with van der Waals surface area (Å²) in [5.41, 5.74) is -0.305. The van der Waals surface area contributed by atoms with E-state index in [1.54, 1.807) is 6.20 Å². The van der Waals surface area contributed by atoms with Crippen LogP contribution in [0.4, 0.5) is 0 Å². The number of hydrogen-bond acceptors (Lipinski definition) is 3. The lowest BCUT2D eigenvalue weighted by Gasteiger charge is -2.29. The van der Waals surface area contributed by atoms with Crippen LogP contribution in [0.5, 0.6) is 0 Å². The SMILES string of the molecule is CCCCCC(O)(CC(C)C)c1cncc(Cl)n1. The Labute approximate surface area is 115 Å². The van der Waals surface area contributed by atoms with E-state index in [2.05, 4.69) is 30.7 Å². The van der Waals surface area contributed by atoms with Gasteiger partial charge in [-0.1, -0.05) is 51.6 Å². The maximum atomic E-state index is 10.8. The predicted molar refractivity (Wildman–Crippen MR) is 74.5 cm³/mol. The molecule has 4 heteroatoms. The average Bonchev–Trinajstić information content (AvgIpc) is 2.28. The van der Waals surface area contributed by atoms with Gasteiger partial charge >= 0.3 is 0 Å². The molecule has 0 spiro atoms. The van der Waals surface area contributed by atoms with Crippen molar-refractivity contribution in [3.8, 4) is 0 Å². The van der Waals surface area contributed by atoms with Gasteiger partial charge in [0.1, 0.15) is 10.8 Å². The van der Waals surface area contributed by atoms with Gasteiger partial charge in [0.05, 0.1) is 18.1 Å². The van der Waals surface area contributed by atoms with Crippen molar-refractivity contribution in [3.63, 3.8) is 0 Å². The third-order valence-corrected chi connectivity index (χ3v) is 3.20. The highest BCUT2D eigenvalue weighted by atomic mass is 35.5. The smallest absolute Gasteiger partial charge is 0.147 e. The molecule has 18 heavy (non-hydrogen) atoms. The summed E-state index contributed by atoms with van der Waals surface area (Å²) < 4.78 is 0. The summed E-state index contributed by atoms with van der Waals surface area (Å²) in [6.45, 7) is 6.35. The van der Waals surface area contributed by atoms with Gasteiger partial charge in [0.15, 0.2) is 0 Å². The van der Waals surface area contributed by atoms with Crippen molar-refractivity contribution in [2.45, 2.75) is 58.5 Å². The fraction of sp³-hybridized carbons (Fsp3) is 0.714. The van der Waals surface area contributed by atoms with E-state index in [1.807, 2.05) is 0 Å². The van der Waals surface area contributed by atoms with Crippen LogP contribution in [0.2, 0.25) is 5.15 Å². The van der Waals surface area contributed by atoms with E-state index >= 15 is 0 Å². The van der Waals surface area contributed by atoms with Gasteiger partial charge in [0.2, 0.25) is 0 Å².